The molecule has 0 aliphatic carbocycles. The second-order valence-corrected chi connectivity index (χ2v) is 9.81. The maximum atomic E-state index is 14.0. The van der Waals surface area contributed by atoms with Gasteiger partial charge in [-0.05, 0) is 68.8 Å². The zero-order valence-corrected chi connectivity index (χ0v) is 22.2. The lowest BCUT2D eigenvalue weighted by Crippen LogP contribution is -2.13. The standard InChI is InChI=1S/C30H28FNO5S/c1-4-35-28(33)17-21-8-7-9-24(16-21)38-23-14-12-22(13-15-23)30-26(19(2)32-37-30)18-29(34)36-20(3)25-10-5-6-11-27(25)31/h5-16,20H,4,17-18H2,1-3H3/t20-/m1/s1. The summed E-state index contributed by atoms with van der Waals surface area (Å²) in [6, 6.07) is 21.7. The fourth-order valence-electron chi connectivity index (χ4n) is 3.98. The average Bonchev–Trinajstić information content (AvgIpc) is 3.24. The number of halogens is 1. The van der Waals surface area contributed by atoms with Crippen molar-refractivity contribution in [3.63, 3.8) is 0 Å². The third-order valence-electron chi connectivity index (χ3n) is 5.86. The lowest BCUT2D eigenvalue weighted by atomic mass is 10.0. The molecule has 38 heavy (non-hydrogen) atoms. The van der Waals surface area contributed by atoms with Crippen LogP contribution < -0.4 is 0 Å². The first-order valence-corrected chi connectivity index (χ1v) is 13.1. The molecule has 0 radical (unpaired) electrons. The maximum Gasteiger partial charge on any atom is 0.311 e. The first-order valence-electron chi connectivity index (χ1n) is 12.3. The summed E-state index contributed by atoms with van der Waals surface area (Å²) in [5.41, 5.74) is 3.21. The molecule has 196 valence electrons. The van der Waals surface area contributed by atoms with Gasteiger partial charge in [-0.1, -0.05) is 47.3 Å². The zero-order chi connectivity index (χ0) is 27.1. The number of hydrogen-bond donors (Lipinski definition) is 0. The first-order chi connectivity index (χ1) is 18.3. The minimum Gasteiger partial charge on any atom is -0.466 e. The summed E-state index contributed by atoms with van der Waals surface area (Å²) < 4.78 is 30.1. The molecule has 8 heteroatoms. The quantitative estimate of drug-likeness (QED) is 0.205. The van der Waals surface area contributed by atoms with Gasteiger partial charge in [-0.25, -0.2) is 4.39 Å². The number of carbonyl (C=O) groups is 2. The normalized spacial score (nSPS) is 11.7. The van der Waals surface area contributed by atoms with Gasteiger partial charge in [0.2, 0.25) is 0 Å². The lowest BCUT2D eigenvalue weighted by Gasteiger charge is -2.14. The lowest BCUT2D eigenvalue weighted by molar-refractivity contribution is -0.148. The summed E-state index contributed by atoms with van der Waals surface area (Å²) in [6.45, 7) is 5.56. The molecule has 0 saturated carbocycles. The molecule has 0 bridgehead atoms. The predicted molar refractivity (Wildman–Crippen MR) is 142 cm³/mol. The number of ether oxygens (including phenoxy) is 2. The summed E-state index contributed by atoms with van der Waals surface area (Å²) in [7, 11) is 0. The van der Waals surface area contributed by atoms with Crippen molar-refractivity contribution < 1.29 is 28.0 Å². The van der Waals surface area contributed by atoms with E-state index in [1.165, 1.54) is 6.07 Å². The molecule has 0 aliphatic heterocycles. The topological polar surface area (TPSA) is 78.6 Å². The number of benzene rings is 3. The molecule has 1 atom stereocenters. The monoisotopic (exact) mass is 533 g/mol. The second-order valence-electron chi connectivity index (χ2n) is 8.66. The first kappa shape index (κ1) is 27.1. The van der Waals surface area contributed by atoms with E-state index in [0.717, 1.165) is 20.9 Å². The number of hydrogen-bond acceptors (Lipinski definition) is 7. The van der Waals surface area contributed by atoms with Gasteiger partial charge in [0, 0.05) is 26.5 Å². The van der Waals surface area contributed by atoms with Gasteiger partial charge in [-0.15, -0.1) is 0 Å². The van der Waals surface area contributed by atoms with Crippen LogP contribution in [0.5, 0.6) is 0 Å². The van der Waals surface area contributed by atoms with Gasteiger partial charge in [0.1, 0.15) is 11.9 Å². The van der Waals surface area contributed by atoms with Crippen molar-refractivity contribution in [3.05, 3.63) is 101 Å². The molecule has 4 rings (SSSR count). The summed E-state index contributed by atoms with van der Waals surface area (Å²) >= 11 is 1.57. The third-order valence-corrected chi connectivity index (χ3v) is 6.86. The summed E-state index contributed by atoms with van der Waals surface area (Å²) in [4.78, 5) is 26.5. The molecule has 0 amide bonds. The van der Waals surface area contributed by atoms with Crippen LogP contribution in [0.4, 0.5) is 4.39 Å². The molecule has 4 aromatic rings. The Hall–Kier alpha value is -3.91. The average molecular weight is 534 g/mol. The largest absolute Gasteiger partial charge is 0.466 e. The van der Waals surface area contributed by atoms with Gasteiger partial charge < -0.3 is 14.0 Å². The van der Waals surface area contributed by atoms with E-state index in [1.54, 1.807) is 50.7 Å². The Morgan fingerprint density at radius 3 is 2.47 bits per heavy atom. The molecule has 0 saturated heterocycles. The molecule has 0 N–H and O–H groups in total. The van der Waals surface area contributed by atoms with E-state index in [-0.39, 0.29) is 18.8 Å². The van der Waals surface area contributed by atoms with Crippen molar-refractivity contribution in [2.75, 3.05) is 6.61 Å². The SMILES string of the molecule is CCOC(=O)Cc1cccc(Sc2ccc(-c3onc(C)c3CC(=O)O[C@H](C)c3ccccc3F)cc2)c1. The maximum absolute atomic E-state index is 14.0. The minimum atomic E-state index is -0.723. The number of esters is 2. The van der Waals surface area contributed by atoms with Crippen LogP contribution in [0.15, 0.2) is 87.1 Å². The highest BCUT2D eigenvalue weighted by Gasteiger charge is 2.21. The molecule has 1 aromatic heterocycles. The number of aryl methyl sites for hydroxylation is 1. The van der Waals surface area contributed by atoms with E-state index >= 15 is 0 Å². The molecular formula is C30H28FNO5S. The Bertz CT molecular complexity index is 1420. The van der Waals surface area contributed by atoms with Crippen molar-refractivity contribution >= 4 is 23.7 Å². The van der Waals surface area contributed by atoms with Crippen molar-refractivity contribution in [2.45, 2.75) is 49.5 Å². The summed E-state index contributed by atoms with van der Waals surface area (Å²) in [5.74, 6) is -0.671. The third kappa shape index (κ3) is 6.89. The Morgan fingerprint density at radius 1 is 0.974 bits per heavy atom. The number of nitrogens with zero attached hydrogens (tertiary/aromatic N) is 1. The van der Waals surface area contributed by atoms with Crippen molar-refractivity contribution in [1.82, 2.24) is 5.16 Å². The van der Waals surface area contributed by atoms with Crippen LogP contribution in [0, 0.1) is 12.7 Å². The van der Waals surface area contributed by atoms with Gasteiger partial charge in [0.15, 0.2) is 5.76 Å². The summed E-state index contributed by atoms with van der Waals surface area (Å²) in [6.07, 6.45) is -0.539. The predicted octanol–water partition coefficient (Wildman–Crippen LogP) is 6.89. The van der Waals surface area contributed by atoms with Gasteiger partial charge in [-0.3, -0.25) is 9.59 Å². The van der Waals surface area contributed by atoms with Crippen molar-refractivity contribution in [3.8, 4) is 11.3 Å². The van der Waals surface area contributed by atoms with Gasteiger partial charge in [-0.2, -0.15) is 0 Å². The molecule has 1 heterocycles. The molecule has 0 unspecified atom stereocenters. The highest BCUT2D eigenvalue weighted by Crippen LogP contribution is 2.33. The number of carbonyl (C=O) groups excluding carboxylic acids is 2. The Kier molecular flexibility index (Phi) is 8.97. The van der Waals surface area contributed by atoms with Crippen molar-refractivity contribution in [1.29, 1.82) is 0 Å². The summed E-state index contributed by atoms with van der Waals surface area (Å²) in [5, 5.41) is 4.05. The van der Waals surface area contributed by atoms with Crippen molar-refractivity contribution in [2.24, 2.45) is 0 Å². The zero-order valence-electron chi connectivity index (χ0n) is 21.4. The van der Waals surface area contributed by atoms with E-state index in [0.29, 0.717) is 29.2 Å². The van der Waals surface area contributed by atoms with Crippen LogP contribution in [0.3, 0.4) is 0 Å². The van der Waals surface area contributed by atoms with Crippen LogP contribution in [0.25, 0.3) is 11.3 Å². The molecule has 0 spiro atoms. The molecule has 0 fully saturated rings. The van der Waals surface area contributed by atoms with E-state index in [4.69, 9.17) is 14.0 Å². The molecular weight excluding hydrogens is 505 g/mol. The highest BCUT2D eigenvalue weighted by molar-refractivity contribution is 7.99. The van der Waals surface area contributed by atoms with Crippen LogP contribution in [-0.2, 0) is 31.9 Å². The minimum absolute atomic E-state index is 0.0484. The Morgan fingerprint density at radius 2 is 1.74 bits per heavy atom. The highest BCUT2D eigenvalue weighted by atomic mass is 32.2. The number of rotatable bonds is 10. The van der Waals surface area contributed by atoms with Gasteiger partial charge in [0.25, 0.3) is 0 Å². The fourth-order valence-corrected chi connectivity index (χ4v) is 4.88. The fraction of sp³-hybridized carbons (Fsp3) is 0.233. The smallest absolute Gasteiger partial charge is 0.311 e. The van der Waals surface area contributed by atoms with Crippen LogP contribution in [-0.4, -0.2) is 23.7 Å². The molecule has 3 aromatic carbocycles. The van der Waals surface area contributed by atoms with E-state index in [1.807, 2.05) is 48.5 Å². The van der Waals surface area contributed by atoms with E-state index in [2.05, 4.69) is 5.16 Å². The van der Waals surface area contributed by atoms with Crippen LogP contribution in [0.1, 0.15) is 42.3 Å². The molecule has 0 aliphatic rings. The van der Waals surface area contributed by atoms with E-state index in [9.17, 15) is 14.0 Å². The second kappa shape index (κ2) is 12.6. The van der Waals surface area contributed by atoms with E-state index < -0.39 is 17.9 Å². The van der Waals surface area contributed by atoms with Crippen LogP contribution >= 0.6 is 11.8 Å². The Labute approximate surface area is 225 Å². The Balaban J connectivity index is 1.43. The number of aromatic nitrogens is 1. The van der Waals surface area contributed by atoms with Gasteiger partial charge in [0.05, 0.1) is 25.1 Å². The molecule has 6 nitrogen and oxygen atoms in total. The van der Waals surface area contributed by atoms with Gasteiger partial charge >= 0.3 is 11.9 Å². The van der Waals surface area contributed by atoms with Crippen LogP contribution in [0.2, 0.25) is 0 Å².